The summed E-state index contributed by atoms with van der Waals surface area (Å²) >= 11 is 0. The molecule has 0 aromatic rings. The van der Waals surface area contributed by atoms with Crippen LogP contribution in [0.3, 0.4) is 0 Å². The molecule has 0 radical (unpaired) electrons. The third-order valence-corrected chi connectivity index (χ3v) is 4.44. The van der Waals surface area contributed by atoms with Gasteiger partial charge in [-0.3, -0.25) is 9.59 Å². The van der Waals surface area contributed by atoms with Crippen molar-refractivity contribution < 1.29 is 9.59 Å². The maximum Gasteiger partial charge on any atom is 0.227 e. The third kappa shape index (κ3) is 4.20. The highest BCUT2D eigenvalue weighted by molar-refractivity contribution is 5.84. The van der Waals surface area contributed by atoms with Crippen LogP contribution in [0.15, 0.2) is 0 Å². The first-order valence-corrected chi connectivity index (χ1v) is 7.44. The highest BCUT2D eigenvalue weighted by atomic mass is 16.2. The first-order chi connectivity index (χ1) is 9.24. The normalized spacial score (nSPS) is 22.9. The molecule has 0 saturated carbocycles. The average Bonchev–Trinajstić information content (AvgIpc) is 2.79. The molecule has 20 heavy (non-hydrogen) atoms. The van der Waals surface area contributed by atoms with Gasteiger partial charge in [-0.2, -0.15) is 0 Å². The Kier molecular flexibility index (Phi) is 5.57. The van der Waals surface area contributed by atoms with Gasteiger partial charge in [0.15, 0.2) is 0 Å². The number of nitrogens with one attached hydrogen (secondary N) is 1. The van der Waals surface area contributed by atoms with Gasteiger partial charge in [-0.15, -0.1) is 0 Å². The summed E-state index contributed by atoms with van der Waals surface area (Å²) < 4.78 is 0. The van der Waals surface area contributed by atoms with Crippen LogP contribution < -0.4 is 11.1 Å². The Hall–Kier alpha value is -1.10. The van der Waals surface area contributed by atoms with E-state index >= 15 is 0 Å². The number of nitrogens with two attached hydrogens (primary N) is 1. The Labute approximate surface area is 122 Å². The average molecular weight is 283 g/mol. The second-order valence-electron chi connectivity index (χ2n) is 6.91. The lowest BCUT2D eigenvalue weighted by molar-refractivity contribution is -0.132. The molecule has 5 heteroatoms. The lowest BCUT2D eigenvalue weighted by atomic mass is 9.84. The number of hydrogen-bond acceptors (Lipinski definition) is 3. The fourth-order valence-electron chi connectivity index (χ4n) is 2.78. The van der Waals surface area contributed by atoms with Crippen molar-refractivity contribution in [3.05, 3.63) is 0 Å². The van der Waals surface area contributed by atoms with Crippen molar-refractivity contribution in [2.45, 2.75) is 46.5 Å². The van der Waals surface area contributed by atoms with Crippen LogP contribution in [0, 0.1) is 10.8 Å². The van der Waals surface area contributed by atoms with Gasteiger partial charge in [0.2, 0.25) is 11.8 Å². The minimum absolute atomic E-state index is 0.0243. The molecule has 116 valence electrons. The van der Waals surface area contributed by atoms with Crippen LogP contribution in [0.2, 0.25) is 0 Å². The van der Waals surface area contributed by atoms with E-state index in [9.17, 15) is 9.59 Å². The van der Waals surface area contributed by atoms with Crippen molar-refractivity contribution in [3.63, 3.8) is 0 Å². The van der Waals surface area contributed by atoms with Gasteiger partial charge in [-0.25, -0.2) is 0 Å². The van der Waals surface area contributed by atoms with E-state index in [1.807, 2.05) is 11.8 Å². The molecule has 1 aliphatic heterocycles. The summed E-state index contributed by atoms with van der Waals surface area (Å²) in [6.45, 7) is 8.08. The van der Waals surface area contributed by atoms with Gasteiger partial charge in [0.05, 0.1) is 5.41 Å². The van der Waals surface area contributed by atoms with Crippen LogP contribution in [-0.4, -0.2) is 43.4 Å². The van der Waals surface area contributed by atoms with E-state index in [4.69, 9.17) is 5.73 Å². The topological polar surface area (TPSA) is 75.4 Å². The van der Waals surface area contributed by atoms with Gasteiger partial charge < -0.3 is 16.0 Å². The van der Waals surface area contributed by atoms with Crippen molar-refractivity contribution in [3.8, 4) is 0 Å². The summed E-state index contributed by atoms with van der Waals surface area (Å²) in [6.07, 6.45) is 3.05. The van der Waals surface area contributed by atoms with E-state index in [1.54, 1.807) is 7.05 Å². The Morgan fingerprint density at radius 2 is 2.00 bits per heavy atom. The van der Waals surface area contributed by atoms with Crippen LogP contribution in [-0.2, 0) is 9.59 Å². The van der Waals surface area contributed by atoms with Gasteiger partial charge in [0, 0.05) is 26.6 Å². The Morgan fingerprint density at radius 3 is 2.55 bits per heavy atom. The molecule has 1 aliphatic rings. The number of rotatable bonds is 6. The van der Waals surface area contributed by atoms with Crippen molar-refractivity contribution in [2.75, 3.05) is 26.7 Å². The van der Waals surface area contributed by atoms with Crippen LogP contribution in [0.1, 0.15) is 46.5 Å². The first kappa shape index (κ1) is 17.0. The number of hydrogen-bond donors (Lipinski definition) is 2. The van der Waals surface area contributed by atoms with Crippen LogP contribution >= 0.6 is 0 Å². The van der Waals surface area contributed by atoms with Crippen molar-refractivity contribution >= 4 is 11.8 Å². The van der Waals surface area contributed by atoms with Crippen LogP contribution in [0.5, 0.6) is 0 Å². The third-order valence-electron chi connectivity index (χ3n) is 4.44. The number of likely N-dealkylation sites (tertiary alicyclic amines) is 1. The molecular formula is C15H29N3O2. The zero-order valence-electron chi connectivity index (χ0n) is 13.3. The van der Waals surface area contributed by atoms with E-state index in [1.165, 1.54) is 0 Å². The molecule has 1 unspecified atom stereocenters. The fourth-order valence-corrected chi connectivity index (χ4v) is 2.78. The molecular weight excluding hydrogens is 254 g/mol. The zero-order chi connectivity index (χ0) is 15.4. The smallest absolute Gasteiger partial charge is 0.227 e. The van der Waals surface area contributed by atoms with Crippen LogP contribution in [0.4, 0.5) is 0 Å². The standard InChI is InChI=1S/C15H29N3O2/c1-14(2,7-9-16)6-5-12(19)18-10-8-15(3,11-18)13(20)17-4/h5-11,16H2,1-4H3,(H,17,20). The van der Waals surface area contributed by atoms with Gasteiger partial charge >= 0.3 is 0 Å². The molecule has 0 spiro atoms. The van der Waals surface area contributed by atoms with Crippen molar-refractivity contribution in [1.29, 1.82) is 0 Å². The summed E-state index contributed by atoms with van der Waals surface area (Å²) in [6, 6.07) is 0. The highest BCUT2D eigenvalue weighted by Crippen LogP contribution is 2.32. The van der Waals surface area contributed by atoms with Crippen molar-refractivity contribution in [2.24, 2.45) is 16.6 Å². The second kappa shape index (κ2) is 6.57. The molecule has 1 atom stereocenters. The van der Waals surface area contributed by atoms with E-state index < -0.39 is 5.41 Å². The second-order valence-corrected chi connectivity index (χ2v) is 6.91. The summed E-state index contributed by atoms with van der Waals surface area (Å²) in [5, 5.41) is 2.69. The van der Waals surface area contributed by atoms with Gasteiger partial charge in [-0.1, -0.05) is 13.8 Å². The Morgan fingerprint density at radius 1 is 1.35 bits per heavy atom. The molecule has 0 bridgehead atoms. The van der Waals surface area contributed by atoms with Crippen molar-refractivity contribution in [1.82, 2.24) is 10.2 Å². The maximum atomic E-state index is 12.3. The molecule has 3 N–H and O–H groups in total. The van der Waals surface area contributed by atoms with E-state index in [-0.39, 0.29) is 17.2 Å². The van der Waals surface area contributed by atoms with E-state index in [2.05, 4.69) is 19.2 Å². The fraction of sp³-hybridized carbons (Fsp3) is 0.867. The molecule has 1 fully saturated rings. The SMILES string of the molecule is CNC(=O)C1(C)CCN(C(=O)CCC(C)(C)CCN)C1. The summed E-state index contributed by atoms with van der Waals surface area (Å²) in [4.78, 5) is 25.9. The summed E-state index contributed by atoms with van der Waals surface area (Å²) in [5.74, 6) is 0.180. The number of nitrogens with zero attached hydrogens (tertiary/aromatic N) is 1. The Balaban J connectivity index is 2.49. The molecule has 1 saturated heterocycles. The number of carbonyl (C=O) groups excluding carboxylic acids is 2. The highest BCUT2D eigenvalue weighted by Gasteiger charge is 2.41. The van der Waals surface area contributed by atoms with E-state index in [0.29, 0.717) is 26.1 Å². The molecule has 0 aromatic heterocycles. The predicted octanol–water partition coefficient (Wildman–Crippen LogP) is 1.13. The molecule has 5 nitrogen and oxygen atoms in total. The maximum absolute atomic E-state index is 12.3. The zero-order valence-corrected chi connectivity index (χ0v) is 13.3. The molecule has 0 aromatic carbocycles. The van der Waals surface area contributed by atoms with Crippen LogP contribution in [0.25, 0.3) is 0 Å². The number of carbonyl (C=O) groups is 2. The summed E-state index contributed by atoms with van der Waals surface area (Å²) in [7, 11) is 1.65. The Bertz CT molecular complexity index is 368. The largest absolute Gasteiger partial charge is 0.359 e. The lowest BCUT2D eigenvalue weighted by Crippen LogP contribution is -2.40. The molecule has 1 heterocycles. The quantitative estimate of drug-likeness (QED) is 0.767. The minimum atomic E-state index is -0.433. The molecule has 0 aliphatic carbocycles. The van der Waals surface area contributed by atoms with Gasteiger partial charge in [-0.05, 0) is 38.1 Å². The predicted molar refractivity (Wildman–Crippen MR) is 80.1 cm³/mol. The lowest BCUT2D eigenvalue weighted by Gasteiger charge is -2.26. The van der Waals surface area contributed by atoms with Gasteiger partial charge in [0.25, 0.3) is 0 Å². The summed E-state index contributed by atoms with van der Waals surface area (Å²) in [5.41, 5.74) is 5.26. The van der Waals surface area contributed by atoms with E-state index in [0.717, 1.165) is 19.3 Å². The minimum Gasteiger partial charge on any atom is -0.359 e. The molecule has 1 rings (SSSR count). The van der Waals surface area contributed by atoms with Gasteiger partial charge in [0.1, 0.15) is 0 Å². The monoisotopic (exact) mass is 283 g/mol. The molecule has 2 amide bonds. The first-order valence-electron chi connectivity index (χ1n) is 7.44. The number of amides is 2.